The van der Waals surface area contributed by atoms with E-state index in [1.54, 1.807) is 0 Å². The van der Waals surface area contributed by atoms with Crippen molar-refractivity contribution in [2.45, 2.75) is 33.6 Å². The standard InChI is InChI=1S/C16H19F2N3/c1-4-6-19-15-10(3)14(5-2)20-16(21-15)11-7-12(17)9-13(18)8-11/h7-9H,4-6H2,1-3H3,(H,19,20,21). The van der Waals surface area contributed by atoms with Crippen LogP contribution in [0.5, 0.6) is 0 Å². The molecule has 0 atom stereocenters. The molecule has 1 aromatic heterocycles. The molecule has 0 aliphatic heterocycles. The van der Waals surface area contributed by atoms with Crippen LogP contribution in [0.1, 0.15) is 31.5 Å². The number of aryl methyl sites for hydroxylation is 1. The molecular weight excluding hydrogens is 272 g/mol. The van der Waals surface area contributed by atoms with Crippen LogP contribution >= 0.6 is 0 Å². The highest BCUT2D eigenvalue weighted by Gasteiger charge is 2.12. The van der Waals surface area contributed by atoms with Crippen LogP contribution < -0.4 is 5.32 Å². The second kappa shape index (κ2) is 6.61. The minimum absolute atomic E-state index is 0.342. The number of hydrogen-bond donors (Lipinski definition) is 1. The van der Waals surface area contributed by atoms with Gasteiger partial charge in [-0.15, -0.1) is 0 Å². The van der Waals surface area contributed by atoms with E-state index in [0.717, 1.165) is 42.5 Å². The zero-order chi connectivity index (χ0) is 15.4. The summed E-state index contributed by atoms with van der Waals surface area (Å²) in [6, 6.07) is 3.34. The highest BCUT2D eigenvalue weighted by Crippen LogP contribution is 2.23. The lowest BCUT2D eigenvalue weighted by Gasteiger charge is -2.13. The lowest BCUT2D eigenvalue weighted by molar-refractivity contribution is 0.584. The van der Waals surface area contributed by atoms with Gasteiger partial charge in [-0.3, -0.25) is 0 Å². The highest BCUT2D eigenvalue weighted by atomic mass is 19.1. The summed E-state index contributed by atoms with van der Waals surface area (Å²) in [4.78, 5) is 8.84. The van der Waals surface area contributed by atoms with Crippen molar-refractivity contribution in [3.63, 3.8) is 0 Å². The topological polar surface area (TPSA) is 37.8 Å². The first-order valence-corrected chi connectivity index (χ1v) is 7.13. The van der Waals surface area contributed by atoms with E-state index in [0.29, 0.717) is 11.4 Å². The maximum atomic E-state index is 13.4. The van der Waals surface area contributed by atoms with Gasteiger partial charge in [0.2, 0.25) is 0 Å². The number of benzene rings is 1. The Bertz CT molecular complexity index is 621. The third-order valence-electron chi connectivity index (χ3n) is 3.24. The Morgan fingerprint density at radius 2 is 1.71 bits per heavy atom. The van der Waals surface area contributed by atoms with E-state index in [9.17, 15) is 8.78 Å². The quantitative estimate of drug-likeness (QED) is 0.900. The van der Waals surface area contributed by atoms with Crippen molar-refractivity contribution in [2.24, 2.45) is 0 Å². The molecule has 3 nitrogen and oxygen atoms in total. The Morgan fingerprint density at radius 1 is 1.05 bits per heavy atom. The van der Waals surface area contributed by atoms with E-state index >= 15 is 0 Å². The van der Waals surface area contributed by atoms with E-state index < -0.39 is 11.6 Å². The van der Waals surface area contributed by atoms with Gasteiger partial charge in [-0.25, -0.2) is 18.7 Å². The number of nitrogens with zero attached hydrogens (tertiary/aromatic N) is 2. The Morgan fingerprint density at radius 3 is 2.29 bits per heavy atom. The first kappa shape index (κ1) is 15.4. The molecule has 2 rings (SSSR count). The molecule has 112 valence electrons. The van der Waals surface area contributed by atoms with Crippen LogP contribution in [0.15, 0.2) is 18.2 Å². The van der Waals surface area contributed by atoms with Crippen LogP contribution in [0.2, 0.25) is 0 Å². The summed E-state index contributed by atoms with van der Waals surface area (Å²) in [5.41, 5.74) is 2.21. The van der Waals surface area contributed by atoms with Gasteiger partial charge in [-0.1, -0.05) is 13.8 Å². The van der Waals surface area contributed by atoms with E-state index in [1.165, 1.54) is 12.1 Å². The van der Waals surface area contributed by atoms with Crippen molar-refractivity contribution in [1.82, 2.24) is 9.97 Å². The molecule has 1 aromatic carbocycles. The van der Waals surface area contributed by atoms with Gasteiger partial charge in [0.15, 0.2) is 5.82 Å². The molecule has 21 heavy (non-hydrogen) atoms. The lowest BCUT2D eigenvalue weighted by Crippen LogP contribution is -2.09. The highest BCUT2D eigenvalue weighted by molar-refractivity contribution is 5.60. The predicted molar refractivity (Wildman–Crippen MR) is 80.3 cm³/mol. The fourth-order valence-corrected chi connectivity index (χ4v) is 2.13. The van der Waals surface area contributed by atoms with Crippen molar-refractivity contribution >= 4 is 5.82 Å². The van der Waals surface area contributed by atoms with Gasteiger partial charge in [0, 0.05) is 29.4 Å². The number of hydrogen-bond acceptors (Lipinski definition) is 3. The third kappa shape index (κ3) is 3.54. The monoisotopic (exact) mass is 291 g/mol. The minimum Gasteiger partial charge on any atom is -0.370 e. The Labute approximate surface area is 123 Å². The first-order valence-electron chi connectivity index (χ1n) is 7.13. The summed E-state index contributed by atoms with van der Waals surface area (Å²) in [5, 5.41) is 3.24. The smallest absolute Gasteiger partial charge is 0.161 e. The molecule has 0 radical (unpaired) electrons. The van der Waals surface area contributed by atoms with Crippen molar-refractivity contribution < 1.29 is 8.78 Å². The number of nitrogens with one attached hydrogen (secondary N) is 1. The van der Waals surface area contributed by atoms with Crippen molar-refractivity contribution in [3.8, 4) is 11.4 Å². The van der Waals surface area contributed by atoms with Crippen molar-refractivity contribution in [2.75, 3.05) is 11.9 Å². The maximum Gasteiger partial charge on any atom is 0.161 e. The number of aromatic nitrogens is 2. The molecule has 1 N–H and O–H groups in total. The Hall–Kier alpha value is -2.04. The molecule has 0 saturated heterocycles. The van der Waals surface area contributed by atoms with Crippen molar-refractivity contribution in [3.05, 3.63) is 41.1 Å². The van der Waals surface area contributed by atoms with Crippen LogP contribution in [0.25, 0.3) is 11.4 Å². The lowest BCUT2D eigenvalue weighted by atomic mass is 10.1. The summed E-state index contributed by atoms with van der Waals surface area (Å²) >= 11 is 0. The Balaban J connectivity index is 2.52. The second-order valence-electron chi connectivity index (χ2n) is 4.91. The summed E-state index contributed by atoms with van der Waals surface area (Å²) in [5.74, 6) is -0.191. The van der Waals surface area contributed by atoms with E-state index in [4.69, 9.17) is 0 Å². The van der Waals surface area contributed by atoms with Crippen LogP contribution in [-0.2, 0) is 6.42 Å². The molecule has 0 fully saturated rings. The van der Waals surface area contributed by atoms with Gasteiger partial charge in [0.25, 0.3) is 0 Å². The van der Waals surface area contributed by atoms with E-state index in [1.807, 2.05) is 13.8 Å². The minimum atomic E-state index is -0.629. The summed E-state index contributed by atoms with van der Waals surface area (Å²) in [6.07, 6.45) is 1.70. The molecule has 5 heteroatoms. The molecule has 0 aliphatic rings. The van der Waals surface area contributed by atoms with Gasteiger partial charge < -0.3 is 5.32 Å². The molecule has 0 aliphatic carbocycles. The van der Waals surface area contributed by atoms with Crippen LogP contribution in [-0.4, -0.2) is 16.5 Å². The molecule has 0 saturated carbocycles. The SMILES string of the molecule is CCCNc1nc(-c2cc(F)cc(F)c2)nc(CC)c1C. The third-order valence-corrected chi connectivity index (χ3v) is 3.24. The van der Waals surface area contributed by atoms with Crippen molar-refractivity contribution in [1.29, 1.82) is 0 Å². The molecule has 0 bridgehead atoms. The van der Waals surface area contributed by atoms with E-state index in [-0.39, 0.29) is 0 Å². The first-order chi connectivity index (χ1) is 10.0. The van der Waals surface area contributed by atoms with Gasteiger partial charge >= 0.3 is 0 Å². The normalized spacial score (nSPS) is 10.7. The number of halogens is 2. The van der Waals surface area contributed by atoms with Crippen LogP contribution in [0.3, 0.4) is 0 Å². The van der Waals surface area contributed by atoms with Gasteiger partial charge in [-0.05, 0) is 31.9 Å². The average Bonchev–Trinajstić information content (AvgIpc) is 2.45. The molecule has 0 unspecified atom stereocenters. The number of anilines is 1. The molecule has 2 aromatic rings. The van der Waals surface area contributed by atoms with Crippen LogP contribution in [0, 0.1) is 18.6 Å². The largest absolute Gasteiger partial charge is 0.370 e. The fraction of sp³-hybridized carbons (Fsp3) is 0.375. The van der Waals surface area contributed by atoms with Gasteiger partial charge in [0.1, 0.15) is 17.5 Å². The molecule has 0 spiro atoms. The maximum absolute atomic E-state index is 13.4. The van der Waals surface area contributed by atoms with E-state index in [2.05, 4.69) is 22.2 Å². The molecule has 0 amide bonds. The summed E-state index contributed by atoms with van der Waals surface area (Å²) in [6.45, 7) is 6.80. The predicted octanol–water partition coefficient (Wildman–Crippen LogP) is 4.11. The zero-order valence-corrected chi connectivity index (χ0v) is 12.5. The Kier molecular flexibility index (Phi) is 4.83. The fourth-order valence-electron chi connectivity index (χ4n) is 2.13. The van der Waals surface area contributed by atoms with Gasteiger partial charge in [-0.2, -0.15) is 0 Å². The van der Waals surface area contributed by atoms with Crippen LogP contribution in [0.4, 0.5) is 14.6 Å². The number of rotatable bonds is 5. The zero-order valence-electron chi connectivity index (χ0n) is 12.5. The molecular formula is C16H19F2N3. The second-order valence-corrected chi connectivity index (χ2v) is 4.91. The van der Waals surface area contributed by atoms with Gasteiger partial charge in [0.05, 0.1) is 0 Å². The molecule has 1 heterocycles. The summed E-state index contributed by atoms with van der Waals surface area (Å²) < 4.78 is 26.7. The average molecular weight is 291 g/mol. The summed E-state index contributed by atoms with van der Waals surface area (Å²) in [7, 11) is 0.